The number of anilines is 2. The molecule has 0 bridgehead atoms. The number of carbonyl (C=O) groups is 2. The average molecular weight is 462 g/mol. The molecule has 0 saturated carbocycles. The lowest BCUT2D eigenvalue weighted by molar-refractivity contribution is 0.0524. The fourth-order valence-corrected chi connectivity index (χ4v) is 3.31. The number of pyridine rings is 1. The first kappa shape index (κ1) is 25.8. The maximum absolute atomic E-state index is 13.4. The van der Waals surface area contributed by atoms with Crippen molar-refractivity contribution in [1.29, 1.82) is 0 Å². The minimum atomic E-state index is -0.775. The Balaban J connectivity index is 2.57. The van der Waals surface area contributed by atoms with Crippen LogP contribution in [0.3, 0.4) is 0 Å². The van der Waals surface area contributed by atoms with Crippen LogP contribution in [0, 0.1) is 12.8 Å². The number of nitrogens with zero attached hydrogens (tertiary/aromatic N) is 3. The second kappa shape index (κ2) is 11.4. The van der Waals surface area contributed by atoms with Crippen molar-refractivity contribution in [2.24, 2.45) is 5.92 Å². The molecule has 33 heavy (non-hydrogen) atoms. The number of amides is 1. The van der Waals surface area contributed by atoms with Gasteiger partial charge in [-0.05, 0) is 38.3 Å². The minimum Gasteiger partial charge on any atom is -0.462 e. The van der Waals surface area contributed by atoms with Gasteiger partial charge in [-0.1, -0.05) is 13.8 Å². The predicted molar refractivity (Wildman–Crippen MR) is 124 cm³/mol. The number of nitrogen functional groups attached to an aromatic ring is 1. The summed E-state index contributed by atoms with van der Waals surface area (Å²) in [5.41, 5.74) is 5.22. The minimum absolute atomic E-state index is 0.0124. The number of aromatic amines is 1. The van der Waals surface area contributed by atoms with Crippen LogP contribution in [0.25, 0.3) is 0 Å². The van der Waals surface area contributed by atoms with Crippen molar-refractivity contribution in [3.63, 3.8) is 0 Å². The number of esters is 1. The molecule has 0 saturated heterocycles. The van der Waals surface area contributed by atoms with Crippen LogP contribution in [0.1, 0.15) is 53.7 Å². The van der Waals surface area contributed by atoms with Gasteiger partial charge >= 0.3 is 11.7 Å². The average Bonchev–Trinajstić information content (AvgIpc) is 2.75. The fraction of sp³-hybridized carbons (Fsp3) is 0.500. The summed E-state index contributed by atoms with van der Waals surface area (Å²) >= 11 is 0. The third kappa shape index (κ3) is 6.07. The number of carbonyl (C=O) groups excluding carboxylic acids is 2. The van der Waals surface area contributed by atoms with Crippen LogP contribution in [-0.2, 0) is 16.0 Å². The zero-order valence-electron chi connectivity index (χ0n) is 19.6. The summed E-state index contributed by atoms with van der Waals surface area (Å²) in [4.78, 5) is 58.2. The van der Waals surface area contributed by atoms with Gasteiger partial charge in [0.25, 0.3) is 11.5 Å². The highest BCUT2D eigenvalue weighted by atomic mass is 16.5. The SMILES string of the molecule is CCOC(=O)c1ccc(C(=O)N(CCCOC)c2c(N)n(CC(C)C)c(=O)[nH]c2=O)nc1C. The molecule has 2 aromatic rings. The van der Waals surface area contributed by atoms with Gasteiger partial charge in [0, 0.05) is 26.8 Å². The molecule has 11 nitrogen and oxygen atoms in total. The van der Waals surface area contributed by atoms with Gasteiger partial charge in [-0.25, -0.2) is 14.6 Å². The Kier molecular flexibility index (Phi) is 8.92. The van der Waals surface area contributed by atoms with E-state index in [-0.39, 0.29) is 48.4 Å². The zero-order chi connectivity index (χ0) is 24.7. The lowest BCUT2D eigenvalue weighted by atomic mass is 10.1. The van der Waals surface area contributed by atoms with Crippen molar-refractivity contribution in [2.75, 3.05) is 37.5 Å². The first-order valence-electron chi connectivity index (χ1n) is 10.7. The number of methoxy groups -OCH3 is 1. The van der Waals surface area contributed by atoms with Crippen LogP contribution in [0.15, 0.2) is 21.7 Å². The highest BCUT2D eigenvalue weighted by Gasteiger charge is 2.27. The Morgan fingerprint density at radius 2 is 1.97 bits per heavy atom. The molecular weight excluding hydrogens is 430 g/mol. The Hall–Kier alpha value is -3.47. The van der Waals surface area contributed by atoms with E-state index in [4.69, 9.17) is 15.2 Å². The molecule has 2 heterocycles. The first-order chi connectivity index (χ1) is 15.6. The van der Waals surface area contributed by atoms with E-state index in [0.717, 1.165) is 0 Å². The van der Waals surface area contributed by atoms with Crippen LogP contribution in [0.4, 0.5) is 11.5 Å². The van der Waals surface area contributed by atoms with Gasteiger partial charge in [0.2, 0.25) is 0 Å². The summed E-state index contributed by atoms with van der Waals surface area (Å²) in [6.45, 7) is 7.98. The summed E-state index contributed by atoms with van der Waals surface area (Å²) < 4.78 is 11.3. The molecule has 11 heteroatoms. The van der Waals surface area contributed by atoms with Crippen LogP contribution >= 0.6 is 0 Å². The summed E-state index contributed by atoms with van der Waals surface area (Å²) in [5.74, 6) is -1.18. The molecule has 2 rings (SSSR count). The Bertz CT molecular complexity index is 1120. The number of hydrogen-bond donors (Lipinski definition) is 2. The summed E-state index contributed by atoms with van der Waals surface area (Å²) in [6, 6.07) is 2.84. The summed E-state index contributed by atoms with van der Waals surface area (Å²) in [6.07, 6.45) is 0.407. The van der Waals surface area contributed by atoms with Crippen LogP contribution in [-0.4, -0.2) is 53.3 Å². The molecule has 3 N–H and O–H groups in total. The standard InChI is InChI=1S/C22H31N5O6/c1-6-33-21(30)15-8-9-16(24-14(15)4)20(29)26(10-7-11-32-5)17-18(23)27(12-13(2)3)22(31)25-19(17)28/h8-9,13H,6-7,10-12,23H2,1-5H3,(H,25,28,31). The van der Waals surface area contributed by atoms with E-state index < -0.39 is 23.1 Å². The monoisotopic (exact) mass is 461 g/mol. The molecule has 0 aromatic carbocycles. The molecule has 0 aliphatic heterocycles. The van der Waals surface area contributed by atoms with Gasteiger partial charge in [0.1, 0.15) is 11.5 Å². The van der Waals surface area contributed by atoms with Gasteiger partial charge in [0.05, 0.1) is 17.9 Å². The number of H-pyrrole nitrogens is 1. The number of nitrogens with one attached hydrogen (secondary N) is 1. The Morgan fingerprint density at radius 3 is 2.55 bits per heavy atom. The van der Waals surface area contributed by atoms with Gasteiger partial charge in [-0.2, -0.15) is 0 Å². The van der Waals surface area contributed by atoms with Gasteiger partial charge < -0.3 is 15.2 Å². The number of aromatic nitrogens is 3. The van der Waals surface area contributed by atoms with Gasteiger partial charge in [0.15, 0.2) is 5.69 Å². The maximum Gasteiger partial charge on any atom is 0.339 e. The molecule has 180 valence electrons. The van der Waals surface area contributed by atoms with E-state index in [1.165, 1.54) is 28.7 Å². The van der Waals surface area contributed by atoms with E-state index in [1.807, 2.05) is 13.8 Å². The molecular formula is C22H31N5O6. The van der Waals surface area contributed by atoms with Crippen LogP contribution in [0.2, 0.25) is 0 Å². The van der Waals surface area contributed by atoms with Crippen molar-refractivity contribution in [3.8, 4) is 0 Å². The third-order valence-electron chi connectivity index (χ3n) is 4.81. The van der Waals surface area contributed by atoms with E-state index in [9.17, 15) is 19.2 Å². The molecule has 0 fully saturated rings. The lowest BCUT2D eigenvalue weighted by Gasteiger charge is -2.25. The maximum atomic E-state index is 13.4. The van der Waals surface area contributed by atoms with Crippen LogP contribution in [0.5, 0.6) is 0 Å². The Labute approximate surface area is 191 Å². The molecule has 0 aliphatic carbocycles. The highest BCUT2D eigenvalue weighted by molar-refractivity contribution is 6.06. The number of ether oxygens (including phenoxy) is 2. The summed E-state index contributed by atoms with van der Waals surface area (Å²) in [7, 11) is 1.52. The molecule has 0 unspecified atom stereocenters. The van der Waals surface area contributed by atoms with E-state index in [1.54, 1.807) is 13.8 Å². The predicted octanol–water partition coefficient (Wildman–Crippen LogP) is 1.34. The van der Waals surface area contributed by atoms with Gasteiger partial charge in [-0.3, -0.25) is 24.0 Å². The highest BCUT2D eigenvalue weighted by Crippen LogP contribution is 2.21. The van der Waals surface area contributed by atoms with Crippen molar-refractivity contribution in [2.45, 2.75) is 40.7 Å². The number of aryl methyl sites for hydroxylation is 1. The number of rotatable bonds is 10. The topological polar surface area (TPSA) is 150 Å². The van der Waals surface area contributed by atoms with Crippen molar-refractivity contribution >= 4 is 23.4 Å². The smallest absolute Gasteiger partial charge is 0.339 e. The molecule has 0 spiro atoms. The van der Waals surface area contributed by atoms with E-state index >= 15 is 0 Å². The number of hydrogen-bond acceptors (Lipinski definition) is 8. The fourth-order valence-electron chi connectivity index (χ4n) is 3.31. The second-order valence-electron chi connectivity index (χ2n) is 7.85. The first-order valence-corrected chi connectivity index (χ1v) is 10.7. The quantitative estimate of drug-likeness (QED) is 0.397. The zero-order valence-corrected chi connectivity index (χ0v) is 19.6. The molecule has 2 aromatic heterocycles. The molecule has 0 radical (unpaired) electrons. The van der Waals surface area contributed by atoms with E-state index in [0.29, 0.717) is 18.7 Å². The van der Waals surface area contributed by atoms with Crippen LogP contribution < -0.4 is 21.9 Å². The van der Waals surface area contributed by atoms with E-state index in [2.05, 4.69) is 9.97 Å². The molecule has 1 amide bonds. The second-order valence-corrected chi connectivity index (χ2v) is 7.85. The summed E-state index contributed by atoms with van der Waals surface area (Å²) in [5, 5.41) is 0. The van der Waals surface area contributed by atoms with Crippen molar-refractivity contribution in [3.05, 3.63) is 49.9 Å². The normalized spacial score (nSPS) is 11.0. The third-order valence-corrected chi connectivity index (χ3v) is 4.81. The number of nitrogens with two attached hydrogens (primary N) is 1. The van der Waals surface area contributed by atoms with Crippen molar-refractivity contribution in [1.82, 2.24) is 14.5 Å². The largest absolute Gasteiger partial charge is 0.462 e. The van der Waals surface area contributed by atoms with Crippen molar-refractivity contribution < 1.29 is 19.1 Å². The molecule has 0 atom stereocenters. The molecule has 0 aliphatic rings. The lowest BCUT2D eigenvalue weighted by Crippen LogP contribution is -2.42. The van der Waals surface area contributed by atoms with Gasteiger partial charge in [-0.15, -0.1) is 0 Å². The Morgan fingerprint density at radius 1 is 1.27 bits per heavy atom.